The van der Waals surface area contributed by atoms with Gasteiger partial charge in [0, 0.05) is 12.1 Å². The fourth-order valence-electron chi connectivity index (χ4n) is 2.94. The molecule has 1 atom stereocenters. The average molecular weight is 283 g/mol. The van der Waals surface area contributed by atoms with Crippen LogP contribution in [0.4, 0.5) is 0 Å². The molecule has 5 heteroatoms. The molecule has 4 rings (SSSR count). The van der Waals surface area contributed by atoms with Gasteiger partial charge in [-0.2, -0.15) is 0 Å². The van der Waals surface area contributed by atoms with Gasteiger partial charge in [0.25, 0.3) is 0 Å². The van der Waals surface area contributed by atoms with Crippen LogP contribution in [0.1, 0.15) is 23.2 Å². The van der Waals surface area contributed by atoms with Gasteiger partial charge in [0.05, 0.1) is 0 Å². The van der Waals surface area contributed by atoms with Crippen LogP contribution >= 0.6 is 12.4 Å². The van der Waals surface area contributed by atoms with E-state index in [4.69, 9.17) is 10.5 Å². The van der Waals surface area contributed by atoms with Crippen LogP contribution in [0.15, 0.2) is 24.3 Å². The normalized spacial score (nSPS) is 28.5. The number of hydrogen-bond donors (Lipinski definition) is 1. The Morgan fingerprint density at radius 3 is 2.63 bits per heavy atom. The number of amides is 1. The van der Waals surface area contributed by atoms with Crippen molar-refractivity contribution in [3.8, 4) is 5.75 Å². The van der Waals surface area contributed by atoms with Gasteiger partial charge in [-0.05, 0) is 50.0 Å². The van der Waals surface area contributed by atoms with E-state index < -0.39 is 5.91 Å². The highest BCUT2D eigenvalue weighted by molar-refractivity contribution is 5.93. The van der Waals surface area contributed by atoms with Gasteiger partial charge >= 0.3 is 0 Å². The van der Waals surface area contributed by atoms with E-state index in [1.807, 2.05) is 12.1 Å². The molecule has 104 valence electrons. The molecule has 2 bridgehead atoms. The molecule has 1 aromatic carbocycles. The Morgan fingerprint density at radius 2 is 2.05 bits per heavy atom. The van der Waals surface area contributed by atoms with Crippen LogP contribution in [-0.4, -0.2) is 36.5 Å². The van der Waals surface area contributed by atoms with Crippen molar-refractivity contribution in [3.05, 3.63) is 29.8 Å². The zero-order valence-corrected chi connectivity index (χ0v) is 11.6. The standard InChI is InChI=1S/C14H18N2O2.ClH/c15-14(17)11-2-1-3-12(8-11)18-13-9-16-6-4-10(13)5-7-16;/h1-3,8,10,13H,4-7,9H2,(H2,15,17);1H. The number of halogens is 1. The number of nitrogens with two attached hydrogens (primary N) is 1. The third kappa shape index (κ3) is 3.01. The van der Waals surface area contributed by atoms with Crippen molar-refractivity contribution in [3.63, 3.8) is 0 Å². The molecule has 3 saturated heterocycles. The lowest BCUT2D eigenvalue weighted by atomic mass is 9.86. The summed E-state index contributed by atoms with van der Waals surface area (Å²) >= 11 is 0. The summed E-state index contributed by atoms with van der Waals surface area (Å²) < 4.78 is 6.03. The molecule has 4 nitrogen and oxygen atoms in total. The predicted octanol–water partition coefficient (Wildman–Crippen LogP) is 1.68. The highest BCUT2D eigenvalue weighted by atomic mass is 35.5. The van der Waals surface area contributed by atoms with E-state index in [0.29, 0.717) is 11.5 Å². The van der Waals surface area contributed by atoms with Gasteiger partial charge in [0.15, 0.2) is 0 Å². The number of ether oxygens (including phenoxy) is 1. The van der Waals surface area contributed by atoms with Gasteiger partial charge in [0.2, 0.25) is 5.91 Å². The first-order chi connectivity index (χ1) is 8.72. The minimum Gasteiger partial charge on any atom is -0.489 e. The molecule has 0 saturated carbocycles. The van der Waals surface area contributed by atoms with E-state index in [0.717, 1.165) is 12.3 Å². The third-order valence-corrected chi connectivity index (χ3v) is 4.00. The van der Waals surface area contributed by atoms with Crippen molar-refractivity contribution in [2.45, 2.75) is 18.9 Å². The zero-order valence-electron chi connectivity index (χ0n) is 10.7. The Balaban J connectivity index is 0.00000133. The molecule has 0 aliphatic carbocycles. The summed E-state index contributed by atoms with van der Waals surface area (Å²) in [4.78, 5) is 13.6. The first-order valence-electron chi connectivity index (χ1n) is 6.51. The largest absolute Gasteiger partial charge is 0.489 e. The molecule has 2 N–H and O–H groups in total. The topological polar surface area (TPSA) is 55.6 Å². The van der Waals surface area contributed by atoms with Gasteiger partial charge < -0.3 is 10.5 Å². The second-order valence-electron chi connectivity index (χ2n) is 5.19. The third-order valence-electron chi connectivity index (χ3n) is 4.00. The summed E-state index contributed by atoms with van der Waals surface area (Å²) in [6.45, 7) is 3.41. The van der Waals surface area contributed by atoms with Crippen molar-refractivity contribution in [1.82, 2.24) is 4.90 Å². The van der Waals surface area contributed by atoms with Crippen molar-refractivity contribution in [1.29, 1.82) is 0 Å². The average Bonchev–Trinajstić information content (AvgIpc) is 2.40. The van der Waals surface area contributed by atoms with Crippen molar-refractivity contribution in [2.24, 2.45) is 11.7 Å². The first-order valence-corrected chi connectivity index (χ1v) is 6.51. The summed E-state index contributed by atoms with van der Waals surface area (Å²) in [6, 6.07) is 7.16. The quantitative estimate of drug-likeness (QED) is 0.918. The van der Waals surface area contributed by atoms with Gasteiger partial charge in [0.1, 0.15) is 11.9 Å². The second-order valence-corrected chi connectivity index (χ2v) is 5.19. The smallest absolute Gasteiger partial charge is 0.248 e. The Kier molecular flexibility index (Phi) is 4.32. The molecule has 3 fully saturated rings. The Bertz CT molecular complexity index is 459. The highest BCUT2D eigenvalue weighted by Gasteiger charge is 2.35. The number of hydrogen-bond acceptors (Lipinski definition) is 3. The number of carbonyl (C=O) groups is 1. The van der Waals surface area contributed by atoms with E-state index in [1.54, 1.807) is 12.1 Å². The number of rotatable bonds is 3. The predicted molar refractivity (Wildman–Crippen MR) is 75.8 cm³/mol. The number of benzene rings is 1. The van der Waals surface area contributed by atoms with Crippen LogP contribution in [0, 0.1) is 5.92 Å². The minimum atomic E-state index is -0.408. The molecule has 3 aliphatic rings. The van der Waals surface area contributed by atoms with E-state index in [-0.39, 0.29) is 18.5 Å². The molecule has 3 aliphatic heterocycles. The summed E-state index contributed by atoms with van der Waals surface area (Å²) in [5.41, 5.74) is 5.78. The fourth-order valence-corrected chi connectivity index (χ4v) is 2.94. The maximum Gasteiger partial charge on any atom is 0.248 e. The molecule has 1 aromatic rings. The van der Waals surface area contributed by atoms with Crippen LogP contribution in [0.2, 0.25) is 0 Å². The monoisotopic (exact) mass is 282 g/mol. The van der Waals surface area contributed by atoms with E-state index in [1.165, 1.54) is 25.9 Å². The SMILES string of the molecule is Cl.NC(=O)c1cccc(OC2CN3CCC2CC3)c1. The van der Waals surface area contributed by atoms with Gasteiger partial charge in [-0.25, -0.2) is 0 Å². The molecule has 1 unspecified atom stereocenters. The Morgan fingerprint density at radius 1 is 1.32 bits per heavy atom. The minimum absolute atomic E-state index is 0. The van der Waals surface area contributed by atoms with Crippen molar-refractivity contribution in [2.75, 3.05) is 19.6 Å². The van der Waals surface area contributed by atoms with Gasteiger partial charge in [-0.3, -0.25) is 9.69 Å². The number of fused-ring (bicyclic) bond motifs is 3. The first kappa shape index (κ1) is 14.2. The summed E-state index contributed by atoms with van der Waals surface area (Å²) in [5, 5.41) is 0. The summed E-state index contributed by atoms with van der Waals surface area (Å²) in [7, 11) is 0. The number of piperidine rings is 3. The zero-order chi connectivity index (χ0) is 12.5. The van der Waals surface area contributed by atoms with E-state index in [2.05, 4.69) is 4.90 Å². The molecule has 3 heterocycles. The lowest BCUT2D eigenvalue weighted by Gasteiger charge is -2.44. The van der Waals surface area contributed by atoms with Crippen molar-refractivity contribution < 1.29 is 9.53 Å². The van der Waals surface area contributed by atoms with Crippen LogP contribution in [0.3, 0.4) is 0 Å². The number of carbonyl (C=O) groups excluding carboxylic acids is 1. The molecule has 0 radical (unpaired) electrons. The van der Waals surface area contributed by atoms with Crippen LogP contribution < -0.4 is 10.5 Å². The highest BCUT2D eigenvalue weighted by Crippen LogP contribution is 2.30. The lowest BCUT2D eigenvalue weighted by molar-refractivity contribution is -0.00778. The molecular weight excluding hydrogens is 264 g/mol. The van der Waals surface area contributed by atoms with Crippen LogP contribution in [0.25, 0.3) is 0 Å². The van der Waals surface area contributed by atoms with Gasteiger partial charge in [-0.15, -0.1) is 12.4 Å². The van der Waals surface area contributed by atoms with E-state index >= 15 is 0 Å². The molecular formula is C14H19ClN2O2. The molecule has 0 spiro atoms. The number of nitrogens with zero attached hydrogens (tertiary/aromatic N) is 1. The number of primary amides is 1. The van der Waals surface area contributed by atoms with Gasteiger partial charge in [-0.1, -0.05) is 6.07 Å². The lowest BCUT2D eigenvalue weighted by Crippen LogP contribution is -2.52. The summed E-state index contributed by atoms with van der Waals surface area (Å²) in [6.07, 6.45) is 2.70. The maximum absolute atomic E-state index is 11.1. The fraction of sp³-hybridized carbons (Fsp3) is 0.500. The Labute approximate surface area is 119 Å². The van der Waals surface area contributed by atoms with Crippen molar-refractivity contribution >= 4 is 18.3 Å². The molecule has 1 amide bonds. The second kappa shape index (κ2) is 5.80. The van der Waals surface area contributed by atoms with E-state index in [9.17, 15) is 4.79 Å². The summed E-state index contributed by atoms with van der Waals surface area (Å²) in [5.74, 6) is 1.01. The molecule has 0 aromatic heterocycles. The molecule has 19 heavy (non-hydrogen) atoms. The van der Waals surface area contributed by atoms with Crippen LogP contribution in [0.5, 0.6) is 5.75 Å². The maximum atomic E-state index is 11.1. The van der Waals surface area contributed by atoms with Crippen LogP contribution in [-0.2, 0) is 0 Å². The Hall–Kier alpha value is -1.26.